The van der Waals surface area contributed by atoms with Gasteiger partial charge in [-0.1, -0.05) is 11.6 Å². The molecular formula is C14H14ClN5O2S. The first-order valence-corrected chi connectivity index (χ1v) is 7.90. The van der Waals surface area contributed by atoms with Gasteiger partial charge in [0.2, 0.25) is 0 Å². The van der Waals surface area contributed by atoms with E-state index in [1.54, 1.807) is 19.2 Å². The summed E-state index contributed by atoms with van der Waals surface area (Å²) in [6, 6.07) is 3.53. The van der Waals surface area contributed by atoms with E-state index in [1.807, 2.05) is 0 Å². The SMILES string of the molecule is Cn1c(=O)c2c(-c3ccc(Cl)s3)c(CN)c(N)nc2n(C)c1=O. The summed E-state index contributed by atoms with van der Waals surface area (Å²) in [5.41, 5.74) is 12.3. The van der Waals surface area contributed by atoms with E-state index in [-0.39, 0.29) is 18.0 Å². The van der Waals surface area contributed by atoms with Gasteiger partial charge in [-0.15, -0.1) is 11.3 Å². The van der Waals surface area contributed by atoms with Gasteiger partial charge < -0.3 is 11.5 Å². The summed E-state index contributed by atoms with van der Waals surface area (Å²) < 4.78 is 2.92. The highest BCUT2D eigenvalue weighted by atomic mass is 35.5. The van der Waals surface area contributed by atoms with Crippen LogP contribution in [-0.2, 0) is 20.6 Å². The molecule has 0 aliphatic heterocycles. The van der Waals surface area contributed by atoms with Crippen LogP contribution in [0, 0.1) is 0 Å². The topological polar surface area (TPSA) is 109 Å². The van der Waals surface area contributed by atoms with Crippen molar-refractivity contribution in [1.82, 2.24) is 14.1 Å². The van der Waals surface area contributed by atoms with Crippen LogP contribution in [0.3, 0.4) is 0 Å². The lowest BCUT2D eigenvalue weighted by Crippen LogP contribution is -2.37. The molecule has 7 nitrogen and oxygen atoms in total. The number of nitrogen functional groups attached to an aromatic ring is 1. The van der Waals surface area contributed by atoms with Gasteiger partial charge in [0.05, 0.1) is 9.72 Å². The van der Waals surface area contributed by atoms with E-state index in [9.17, 15) is 9.59 Å². The first kappa shape index (κ1) is 15.7. The van der Waals surface area contributed by atoms with Gasteiger partial charge in [0.1, 0.15) is 5.82 Å². The lowest BCUT2D eigenvalue weighted by atomic mass is 10.0. The minimum absolute atomic E-state index is 0.117. The van der Waals surface area contributed by atoms with Gasteiger partial charge in [0.25, 0.3) is 5.56 Å². The monoisotopic (exact) mass is 351 g/mol. The lowest BCUT2D eigenvalue weighted by molar-refractivity contribution is 0.708. The Morgan fingerprint density at radius 3 is 2.52 bits per heavy atom. The molecule has 0 saturated heterocycles. The maximum atomic E-state index is 12.7. The average Bonchev–Trinajstić information content (AvgIpc) is 2.95. The van der Waals surface area contributed by atoms with Crippen molar-refractivity contribution in [3.8, 4) is 10.4 Å². The zero-order valence-electron chi connectivity index (χ0n) is 12.5. The molecule has 3 rings (SSSR count). The van der Waals surface area contributed by atoms with Crippen LogP contribution in [0.4, 0.5) is 5.82 Å². The van der Waals surface area contributed by atoms with Gasteiger partial charge in [-0.25, -0.2) is 9.78 Å². The number of pyridine rings is 1. The predicted molar refractivity (Wildman–Crippen MR) is 92.9 cm³/mol. The number of halogens is 1. The minimum atomic E-state index is -0.468. The molecule has 120 valence electrons. The van der Waals surface area contributed by atoms with E-state index in [0.29, 0.717) is 20.8 Å². The molecule has 0 aliphatic rings. The summed E-state index contributed by atoms with van der Waals surface area (Å²) >= 11 is 7.34. The summed E-state index contributed by atoms with van der Waals surface area (Å²) in [4.78, 5) is 29.8. The molecule has 0 unspecified atom stereocenters. The second kappa shape index (κ2) is 5.48. The zero-order valence-corrected chi connectivity index (χ0v) is 14.0. The first-order valence-electron chi connectivity index (χ1n) is 6.70. The van der Waals surface area contributed by atoms with E-state index in [4.69, 9.17) is 23.1 Å². The molecule has 3 heterocycles. The Balaban J connectivity index is 2.64. The van der Waals surface area contributed by atoms with Crippen molar-refractivity contribution >= 4 is 39.8 Å². The number of anilines is 1. The lowest BCUT2D eigenvalue weighted by Gasteiger charge is -2.15. The van der Waals surface area contributed by atoms with Gasteiger partial charge in [-0.2, -0.15) is 0 Å². The minimum Gasteiger partial charge on any atom is -0.383 e. The van der Waals surface area contributed by atoms with Gasteiger partial charge >= 0.3 is 5.69 Å². The molecule has 0 radical (unpaired) electrons. The molecule has 23 heavy (non-hydrogen) atoms. The molecule has 3 aromatic rings. The fourth-order valence-corrected chi connectivity index (χ4v) is 3.69. The normalized spacial score (nSPS) is 11.3. The third kappa shape index (κ3) is 2.26. The number of thiophene rings is 1. The van der Waals surface area contributed by atoms with Crippen LogP contribution in [0.25, 0.3) is 21.5 Å². The molecule has 9 heteroatoms. The van der Waals surface area contributed by atoms with Gasteiger partial charge in [-0.3, -0.25) is 13.9 Å². The number of aromatic nitrogens is 3. The van der Waals surface area contributed by atoms with Crippen LogP contribution in [0.5, 0.6) is 0 Å². The second-order valence-corrected chi connectivity index (χ2v) is 6.78. The summed E-state index contributed by atoms with van der Waals surface area (Å²) in [6.07, 6.45) is 0. The Kier molecular flexibility index (Phi) is 3.75. The molecule has 0 aromatic carbocycles. The number of aryl methyl sites for hydroxylation is 1. The molecule has 0 bridgehead atoms. The van der Waals surface area contributed by atoms with E-state index in [1.165, 1.54) is 23.0 Å². The highest BCUT2D eigenvalue weighted by molar-refractivity contribution is 7.19. The van der Waals surface area contributed by atoms with Crippen molar-refractivity contribution in [3.05, 3.63) is 42.9 Å². The number of nitrogens with two attached hydrogens (primary N) is 2. The Hall–Kier alpha value is -2.16. The van der Waals surface area contributed by atoms with E-state index in [0.717, 1.165) is 9.44 Å². The van der Waals surface area contributed by atoms with Crippen molar-refractivity contribution in [2.45, 2.75) is 6.54 Å². The molecule has 0 saturated carbocycles. The second-order valence-electron chi connectivity index (χ2n) is 5.06. The first-order chi connectivity index (χ1) is 10.9. The van der Waals surface area contributed by atoms with Crippen LogP contribution in [-0.4, -0.2) is 14.1 Å². The summed E-state index contributed by atoms with van der Waals surface area (Å²) in [5.74, 6) is 0.197. The molecule has 0 aliphatic carbocycles. The van der Waals surface area contributed by atoms with Crippen molar-refractivity contribution < 1.29 is 0 Å². The van der Waals surface area contributed by atoms with E-state index < -0.39 is 11.2 Å². The standard InChI is InChI=1S/C14H14ClN5O2S/c1-19-12-10(13(21)20(2)14(19)22)9(6(5-16)11(17)18-12)7-3-4-8(15)23-7/h3-4H,5,16H2,1-2H3,(H2,17,18). The van der Waals surface area contributed by atoms with Crippen LogP contribution >= 0.6 is 22.9 Å². The van der Waals surface area contributed by atoms with Gasteiger partial charge in [-0.05, 0) is 12.1 Å². The van der Waals surface area contributed by atoms with Crippen LogP contribution in [0.15, 0.2) is 21.7 Å². The van der Waals surface area contributed by atoms with E-state index >= 15 is 0 Å². The van der Waals surface area contributed by atoms with Crippen molar-refractivity contribution in [3.63, 3.8) is 0 Å². The smallest absolute Gasteiger partial charge is 0.332 e. The third-order valence-electron chi connectivity index (χ3n) is 3.74. The summed E-state index contributed by atoms with van der Waals surface area (Å²) in [6.45, 7) is 0.117. The Bertz CT molecular complexity index is 1050. The van der Waals surface area contributed by atoms with Crippen LogP contribution in [0.1, 0.15) is 5.56 Å². The number of hydrogen-bond acceptors (Lipinski definition) is 6. The summed E-state index contributed by atoms with van der Waals surface area (Å²) in [5, 5.41) is 0.308. The summed E-state index contributed by atoms with van der Waals surface area (Å²) in [7, 11) is 2.97. The van der Waals surface area contributed by atoms with Gasteiger partial charge in [0, 0.05) is 36.6 Å². The number of fused-ring (bicyclic) bond motifs is 1. The highest BCUT2D eigenvalue weighted by Gasteiger charge is 2.21. The Labute approximate surface area is 139 Å². The van der Waals surface area contributed by atoms with Crippen LogP contribution < -0.4 is 22.7 Å². The predicted octanol–water partition coefficient (Wildman–Crippen LogP) is 1.06. The van der Waals surface area contributed by atoms with Crippen molar-refractivity contribution in [1.29, 1.82) is 0 Å². The fraction of sp³-hybridized carbons (Fsp3) is 0.214. The average molecular weight is 352 g/mol. The van der Waals surface area contributed by atoms with E-state index in [2.05, 4.69) is 4.98 Å². The molecule has 4 N–H and O–H groups in total. The number of rotatable bonds is 2. The number of hydrogen-bond donors (Lipinski definition) is 2. The molecule has 0 amide bonds. The van der Waals surface area contributed by atoms with Crippen molar-refractivity contribution in [2.24, 2.45) is 19.8 Å². The molecule has 0 atom stereocenters. The number of nitrogens with zero attached hydrogens (tertiary/aromatic N) is 3. The zero-order chi connectivity index (χ0) is 16.9. The Morgan fingerprint density at radius 1 is 1.26 bits per heavy atom. The molecule has 0 spiro atoms. The Morgan fingerprint density at radius 2 is 1.96 bits per heavy atom. The fourth-order valence-electron chi connectivity index (χ4n) is 2.57. The quantitative estimate of drug-likeness (QED) is 0.717. The molecule has 0 fully saturated rings. The van der Waals surface area contributed by atoms with Crippen molar-refractivity contribution in [2.75, 3.05) is 5.73 Å². The molecule has 3 aromatic heterocycles. The third-order valence-corrected chi connectivity index (χ3v) is 4.99. The largest absolute Gasteiger partial charge is 0.383 e. The van der Waals surface area contributed by atoms with Crippen LogP contribution in [0.2, 0.25) is 4.34 Å². The maximum absolute atomic E-state index is 12.7. The molecular weight excluding hydrogens is 338 g/mol. The van der Waals surface area contributed by atoms with Gasteiger partial charge in [0.15, 0.2) is 5.65 Å². The highest BCUT2D eigenvalue weighted by Crippen LogP contribution is 2.37. The maximum Gasteiger partial charge on any atom is 0.332 e.